The Kier molecular flexibility index (Phi) is 6.26. The standard InChI is InChI=1S/C14H27N3O3/c1-10(2)8-17(9-13(18)19)14(20)15-7-11(3)16(4)12-5-6-12/h10-12H,5-9H2,1-4H3,(H,15,20)(H,18,19). The van der Waals surface area contributed by atoms with Crippen LogP contribution < -0.4 is 5.32 Å². The zero-order chi connectivity index (χ0) is 15.3. The maximum atomic E-state index is 12.1. The highest BCUT2D eigenvalue weighted by molar-refractivity contribution is 5.80. The zero-order valence-corrected chi connectivity index (χ0v) is 12.9. The Morgan fingerprint density at radius 1 is 1.30 bits per heavy atom. The van der Waals surface area contributed by atoms with E-state index in [1.165, 1.54) is 17.7 Å². The number of hydrogen-bond donors (Lipinski definition) is 2. The average molecular weight is 285 g/mol. The van der Waals surface area contributed by atoms with Gasteiger partial charge in [0.1, 0.15) is 6.54 Å². The average Bonchev–Trinajstić information content (AvgIpc) is 3.16. The summed E-state index contributed by atoms with van der Waals surface area (Å²) in [6, 6.07) is 0.613. The van der Waals surface area contributed by atoms with E-state index in [-0.39, 0.29) is 24.5 Å². The fourth-order valence-electron chi connectivity index (χ4n) is 2.16. The van der Waals surface area contributed by atoms with Crippen molar-refractivity contribution >= 4 is 12.0 Å². The molecular weight excluding hydrogens is 258 g/mol. The lowest BCUT2D eigenvalue weighted by atomic mass is 10.2. The Balaban J connectivity index is 2.41. The minimum atomic E-state index is -0.982. The lowest BCUT2D eigenvalue weighted by Gasteiger charge is -2.27. The van der Waals surface area contributed by atoms with Crippen LogP contribution in [0.4, 0.5) is 4.79 Å². The van der Waals surface area contributed by atoms with Gasteiger partial charge in [-0.1, -0.05) is 13.8 Å². The van der Waals surface area contributed by atoms with E-state index in [9.17, 15) is 9.59 Å². The van der Waals surface area contributed by atoms with Gasteiger partial charge in [-0.2, -0.15) is 0 Å². The van der Waals surface area contributed by atoms with Gasteiger partial charge in [-0.25, -0.2) is 4.79 Å². The Morgan fingerprint density at radius 3 is 2.35 bits per heavy atom. The van der Waals surface area contributed by atoms with E-state index >= 15 is 0 Å². The summed E-state index contributed by atoms with van der Waals surface area (Å²) in [6.45, 7) is 6.74. The highest BCUT2D eigenvalue weighted by atomic mass is 16.4. The maximum Gasteiger partial charge on any atom is 0.323 e. The summed E-state index contributed by atoms with van der Waals surface area (Å²) in [6.07, 6.45) is 2.46. The van der Waals surface area contributed by atoms with Crippen LogP contribution >= 0.6 is 0 Å². The van der Waals surface area contributed by atoms with Gasteiger partial charge in [-0.15, -0.1) is 0 Å². The Labute approximate surface area is 121 Å². The number of carboxylic acid groups (broad SMARTS) is 1. The molecule has 0 aromatic carbocycles. The summed E-state index contributed by atoms with van der Waals surface area (Å²) >= 11 is 0. The van der Waals surface area contributed by atoms with Crippen molar-refractivity contribution in [3.8, 4) is 0 Å². The molecule has 0 spiro atoms. The van der Waals surface area contributed by atoms with Crippen molar-refractivity contribution in [3.63, 3.8) is 0 Å². The lowest BCUT2D eigenvalue weighted by molar-refractivity contribution is -0.137. The highest BCUT2D eigenvalue weighted by Gasteiger charge is 2.29. The topological polar surface area (TPSA) is 72.9 Å². The third kappa shape index (κ3) is 5.77. The molecule has 1 fully saturated rings. The monoisotopic (exact) mass is 285 g/mol. The molecule has 0 radical (unpaired) electrons. The van der Waals surface area contributed by atoms with Gasteiger partial charge < -0.3 is 15.3 Å². The van der Waals surface area contributed by atoms with Gasteiger partial charge in [-0.05, 0) is 32.7 Å². The van der Waals surface area contributed by atoms with Crippen molar-refractivity contribution in [1.82, 2.24) is 15.1 Å². The SMILES string of the molecule is CC(C)CN(CC(=O)O)C(=O)NCC(C)N(C)C1CC1. The summed E-state index contributed by atoms with van der Waals surface area (Å²) in [5.74, 6) is -0.740. The largest absolute Gasteiger partial charge is 0.480 e. The van der Waals surface area contributed by atoms with E-state index in [4.69, 9.17) is 5.11 Å². The molecule has 0 bridgehead atoms. The highest BCUT2D eigenvalue weighted by Crippen LogP contribution is 2.26. The molecule has 0 saturated heterocycles. The summed E-state index contributed by atoms with van der Waals surface area (Å²) in [5, 5.41) is 11.7. The molecule has 2 N–H and O–H groups in total. The molecule has 1 unspecified atom stereocenters. The lowest BCUT2D eigenvalue weighted by Crippen LogP contribution is -2.48. The second-order valence-electron chi connectivity index (χ2n) is 6.10. The summed E-state index contributed by atoms with van der Waals surface area (Å²) < 4.78 is 0. The predicted molar refractivity (Wildman–Crippen MR) is 77.7 cm³/mol. The number of nitrogens with zero attached hydrogens (tertiary/aromatic N) is 2. The van der Waals surface area contributed by atoms with Crippen molar-refractivity contribution < 1.29 is 14.7 Å². The number of likely N-dealkylation sites (N-methyl/N-ethyl adjacent to an activating group) is 1. The molecule has 20 heavy (non-hydrogen) atoms. The van der Waals surface area contributed by atoms with Crippen LogP contribution in [-0.4, -0.2) is 65.7 Å². The minimum absolute atomic E-state index is 0.242. The van der Waals surface area contributed by atoms with Crippen molar-refractivity contribution in [3.05, 3.63) is 0 Å². The molecule has 1 aliphatic carbocycles. The van der Waals surface area contributed by atoms with E-state index in [0.717, 1.165) is 0 Å². The molecule has 0 aliphatic heterocycles. The van der Waals surface area contributed by atoms with E-state index in [0.29, 0.717) is 19.1 Å². The Hall–Kier alpha value is -1.30. The van der Waals surface area contributed by atoms with Gasteiger partial charge in [-0.3, -0.25) is 9.69 Å². The first-order valence-electron chi connectivity index (χ1n) is 7.27. The van der Waals surface area contributed by atoms with Crippen LogP contribution in [0.1, 0.15) is 33.6 Å². The predicted octanol–water partition coefficient (Wildman–Crippen LogP) is 1.22. The molecule has 1 atom stereocenters. The number of carbonyl (C=O) groups is 2. The first kappa shape index (κ1) is 16.8. The third-order valence-electron chi connectivity index (χ3n) is 3.57. The van der Waals surface area contributed by atoms with E-state index < -0.39 is 5.97 Å². The van der Waals surface area contributed by atoms with Gasteiger partial charge >= 0.3 is 12.0 Å². The minimum Gasteiger partial charge on any atom is -0.480 e. The zero-order valence-electron chi connectivity index (χ0n) is 12.9. The van der Waals surface area contributed by atoms with Crippen LogP contribution in [-0.2, 0) is 4.79 Å². The van der Waals surface area contributed by atoms with E-state index in [2.05, 4.69) is 24.2 Å². The number of nitrogens with one attached hydrogen (secondary N) is 1. The van der Waals surface area contributed by atoms with Gasteiger partial charge in [0.05, 0.1) is 0 Å². The molecule has 1 rings (SSSR count). The van der Waals surface area contributed by atoms with Crippen LogP contribution in [0.3, 0.4) is 0 Å². The third-order valence-corrected chi connectivity index (χ3v) is 3.57. The van der Waals surface area contributed by atoms with Crippen LogP contribution in [0.2, 0.25) is 0 Å². The molecular formula is C14H27N3O3. The number of carbonyl (C=O) groups excluding carboxylic acids is 1. The number of urea groups is 1. The van der Waals surface area contributed by atoms with E-state index in [1.54, 1.807) is 0 Å². The molecule has 1 saturated carbocycles. The van der Waals surface area contributed by atoms with Gasteiger partial charge in [0.15, 0.2) is 0 Å². The molecule has 0 heterocycles. The molecule has 0 aromatic heterocycles. The Morgan fingerprint density at radius 2 is 1.90 bits per heavy atom. The second kappa shape index (κ2) is 7.47. The van der Waals surface area contributed by atoms with Crippen LogP contribution in [0, 0.1) is 5.92 Å². The fourth-order valence-corrected chi connectivity index (χ4v) is 2.16. The summed E-state index contributed by atoms with van der Waals surface area (Å²) in [7, 11) is 2.07. The first-order valence-corrected chi connectivity index (χ1v) is 7.27. The Bertz CT molecular complexity index is 343. The van der Waals surface area contributed by atoms with Crippen LogP contribution in [0.25, 0.3) is 0 Å². The van der Waals surface area contributed by atoms with Crippen molar-refractivity contribution in [2.24, 2.45) is 5.92 Å². The second-order valence-corrected chi connectivity index (χ2v) is 6.10. The molecule has 2 amide bonds. The number of aliphatic carboxylic acids is 1. The van der Waals surface area contributed by atoms with Gasteiger partial charge in [0.2, 0.25) is 0 Å². The normalized spacial score (nSPS) is 16.3. The fraction of sp³-hybridized carbons (Fsp3) is 0.857. The first-order chi connectivity index (χ1) is 9.31. The van der Waals surface area contributed by atoms with Gasteiger partial charge in [0, 0.05) is 25.2 Å². The maximum absolute atomic E-state index is 12.1. The molecule has 0 aromatic rings. The smallest absolute Gasteiger partial charge is 0.323 e. The van der Waals surface area contributed by atoms with Crippen molar-refractivity contribution in [2.45, 2.75) is 45.7 Å². The van der Waals surface area contributed by atoms with Crippen LogP contribution in [0.5, 0.6) is 0 Å². The van der Waals surface area contributed by atoms with E-state index in [1.807, 2.05) is 13.8 Å². The summed E-state index contributed by atoms with van der Waals surface area (Å²) in [5.41, 5.74) is 0. The van der Waals surface area contributed by atoms with Gasteiger partial charge in [0.25, 0.3) is 0 Å². The number of amides is 2. The molecule has 6 heteroatoms. The van der Waals surface area contributed by atoms with Crippen molar-refractivity contribution in [2.75, 3.05) is 26.7 Å². The molecule has 6 nitrogen and oxygen atoms in total. The number of rotatable bonds is 8. The summed E-state index contributed by atoms with van der Waals surface area (Å²) in [4.78, 5) is 26.5. The number of carboxylic acids is 1. The molecule has 1 aliphatic rings. The van der Waals surface area contributed by atoms with Crippen molar-refractivity contribution in [1.29, 1.82) is 0 Å². The van der Waals surface area contributed by atoms with Crippen LogP contribution in [0.15, 0.2) is 0 Å². The number of hydrogen-bond acceptors (Lipinski definition) is 3. The quantitative estimate of drug-likeness (QED) is 0.703. The molecule has 116 valence electrons.